The van der Waals surface area contributed by atoms with Crippen LogP contribution in [0, 0.1) is 5.82 Å². The molecule has 37 heavy (non-hydrogen) atoms. The molecule has 0 aliphatic rings. The summed E-state index contributed by atoms with van der Waals surface area (Å²) < 4.78 is 20.3. The average molecular weight is 494 g/mol. The topological polar surface area (TPSA) is 95.6 Å². The molecule has 8 nitrogen and oxygen atoms in total. The fourth-order valence-corrected chi connectivity index (χ4v) is 4.35. The third kappa shape index (κ3) is 4.52. The van der Waals surface area contributed by atoms with E-state index in [4.69, 9.17) is 4.74 Å². The molecule has 0 radical (unpaired) electrons. The summed E-state index contributed by atoms with van der Waals surface area (Å²) in [5.74, 6) is 0.137. The van der Waals surface area contributed by atoms with Crippen molar-refractivity contribution in [3.05, 3.63) is 79.1 Å². The summed E-state index contributed by atoms with van der Waals surface area (Å²) in [5.41, 5.74) is 6.34. The lowest BCUT2D eigenvalue weighted by atomic mass is 10.0. The highest BCUT2D eigenvalue weighted by molar-refractivity contribution is 6.00. The number of H-pyrrole nitrogens is 2. The number of hydrogen-bond donors (Lipinski definition) is 2. The zero-order valence-electron chi connectivity index (χ0n) is 20.4. The van der Waals surface area contributed by atoms with E-state index < -0.39 is 0 Å². The monoisotopic (exact) mass is 493 g/mol. The van der Waals surface area contributed by atoms with E-state index in [1.807, 2.05) is 55.4 Å². The van der Waals surface area contributed by atoms with Gasteiger partial charge in [-0.05, 0) is 67.7 Å². The van der Waals surface area contributed by atoms with Crippen molar-refractivity contribution in [1.29, 1.82) is 0 Å². The number of pyridine rings is 3. The number of rotatable bonds is 7. The van der Waals surface area contributed by atoms with Crippen LogP contribution >= 0.6 is 0 Å². The summed E-state index contributed by atoms with van der Waals surface area (Å²) in [7, 11) is 3.94. The van der Waals surface area contributed by atoms with E-state index >= 15 is 0 Å². The van der Waals surface area contributed by atoms with Crippen molar-refractivity contribution >= 4 is 21.9 Å². The Hall–Kier alpha value is -4.63. The second-order valence-corrected chi connectivity index (χ2v) is 9.06. The first-order valence-electron chi connectivity index (χ1n) is 11.9. The van der Waals surface area contributed by atoms with Crippen molar-refractivity contribution in [1.82, 2.24) is 35.0 Å². The van der Waals surface area contributed by atoms with Gasteiger partial charge in [0.05, 0.1) is 23.1 Å². The number of nitrogens with one attached hydrogen (secondary N) is 2. The van der Waals surface area contributed by atoms with Crippen LogP contribution in [-0.2, 0) is 0 Å². The molecular formula is C28H24FN7O. The molecule has 0 atom stereocenters. The third-order valence-electron chi connectivity index (χ3n) is 6.18. The molecule has 0 saturated carbocycles. The summed E-state index contributed by atoms with van der Waals surface area (Å²) in [6.45, 7) is 1.21. The number of aromatic nitrogens is 6. The van der Waals surface area contributed by atoms with Gasteiger partial charge in [0.1, 0.15) is 29.5 Å². The van der Waals surface area contributed by atoms with Crippen molar-refractivity contribution in [2.75, 3.05) is 27.2 Å². The molecule has 184 valence electrons. The second-order valence-electron chi connectivity index (χ2n) is 9.06. The number of nitrogens with zero attached hydrogens (tertiary/aromatic N) is 5. The summed E-state index contributed by atoms with van der Waals surface area (Å²) in [5, 5.41) is 9.39. The number of fused-ring (bicyclic) bond motifs is 2. The largest absolute Gasteiger partial charge is 0.492 e. The smallest absolute Gasteiger partial charge is 0.138 e. The Bertz CT molecular complexity index is 1710. The van der Waals surface area contributed by atoms with Crippen molar-refractivity contribution < 1.29 is 9.13 Å². The molecular weight excluding hydrogens is 469 g/mol. The first kappa shape index (κ1) is 22.8. The standard InChI is InChI=1S/C28H24FN7O/c1-36(2)8-9-37-20-11-18(10-19(29)12-20)21-5-7-31-28-22(21)13-25(33-28)27-23-14-24(17-4-3-6-30-15-17)32-16-26(23)34-35-27/h3-7,10-16H,8-9H2,1-2H3,(H,31,33)(H,34,35). The number of hydrogen-bond acceptors (Lipinski definition) is 6. The molecule has 0 spiro atoms. The molecule has 1 aromatic carbocycles. The molecule has 0 fully saturated rings. The van der Waals surface area contributed by atoms with Crippen LogP contribution in [0.25, 0.3) is 55.7 Å². The minimum atomic E-state index is -0.355. The van der Waals surface area contributed by atoms with E-state index in [1.165, 1.54) is 12.1 Å². The van der Waals surface area contributed by atoms with Crippen LogP contribution in [0.5, 0.6) is 5.75 Å². The lowest BCUT2D eigenvalue weighted by Crippen LogP contribution is -2.19. The Morgan fingerprint density at radius 2 is 1.86 bits per heavy atom. The first-order valence-corrected chi connectivity index (χ1v) is 11.9. The van der Waals surface area contributed by atoms with Crippen molar-refractivity contribution in [3.63, 3.8) is 0 Å². The van der Waals surface area contributed by atoms with E-state index in [0.717, 1.165) is 51.0 Å². The number of halogens is 1. The molecule has 6 aromatic rings. The van der Waals surface area contributed by atoms with Gasteiger partial charge in [-0.15, -0.1) is 0 Å². The van der Waals surface area contributed by atoms with Crippen molar-refractivity contribution in [2.24, 2.45) is 0 Å². The maximum Gasteiger partial charge on any atom is 0.138 e. The molecule has 5 aromatic heterocycles. The predicted octanol–water partition coefficient (Wildman–Crippen LogP) is 5.31. The molecule has 5 heterocycles. The highest BCUT2D eigenvalue weighted by atomic mass is 19.1. The third-order valence-corrected chi connectivity index (χ3v) is 6.18. The Morgan fingerprint density at radius 3 is 2.70 bits per heavy atom. The van der Waals surface area contributed by atoms with Gasteiger partial charge in [0.15, 0.2) is 0 Å². The van der Waals surface area contributed by atoms with Crippen LogP contribution in [0.15, 0.2) is 73.3 Å². The Labute approximate surface area is 212 Å². The Balaban J connectivity index is 1.41. The van der Waals surface area contributed by atoms with Gasteiger partial charge in [-0.2, -0.15) is 5.10 Å². The average Bonchev–Trinajstić information content (AvgIpc) is 3.52. The van der Waals surface area contributed by atoms with Gasteiger partial charge in [-0.1, -0.05) is 0 Å². The fraction of sp³-hybridized carbons (Fsp3) is 0.143. The Morgan fingerprint density at radius 1 is 0.946 bits per heavy atom. The number of aromatic amines is 2. The predicted molar refractivity (Wildman–Crippen MR) is 142 cm³/mol. The van der Waals surface area contributed by atoms with Crippen molar-refractivity contribution in [3.8, 4) is 39.5 Å². The first-order chi connectivity index (χ1) is 18.0. The highest BCUT2D eigenvalue weighted by Gasteiger charge is 2.16. The number of benzene rings is 1. The summed E-state index contributed by atoms with van der Waals surface area (Å²) in [4.78, 5) is 18.6. The molecule has 0 aliphatic heterocycles. The lowest BCUT2D eigenvalue weighted by Gasteiger charge is -2.12. The minimum absolute atomic E-state index is 0.355. The SMILES string of the molecule is CN(C)CCOc1cc(F)cc(-c2ccnc3[nH]c(-c4n[nH]c5cnc(-c6cccnc6)cc45)cc23)c1. The van der Waals surface area contributed by atoms with Gasteiger partial charge in [-0.25, -0.2) is 9.37 Å². The van der Waals surface area contributed by atoms with E-state index in [-0.39, 0.29) is 5.82 Å². The van der Waals surface area contributed by atoms with Gasteiger partial charge < -0.3 is 14.6 Å². The number of likely N-dealkylation sites (N-methyl/N-ethyl adjacent to an activating group) is 1. The molecule has 6 rings (SSSR count). The second kappa shape index (κ2) is 9.44. The number of ether oxygens (including phenoxy) is 1. The molecule has 0 bridgehead atoms. The van der Waals surface area contributed by atoms with E-state index in [1.54, 1.807) is 24.8 Å². The summed E-state index contributed by atoms with van der Waals surface area (Å²) in [6, 6.07) is 14.5. The molecule has 0 amide bonds. The van der Waals surface area contributed by atoms with E-state index in [2.05, 4.69) is 30.1 Å². The molecule has 0 saturated heterocycles. The molecule has 9 heteroatoms. The van der Waals surface area contributed by atoms with Crippen LogP contribution in [0.2, 0.25) is 0 Å². The van der Waals surface area contributed by atoms with Gasteiger partial charge in [0.25, 0.3) is 0 Å². The maximum absolute atomic E-state index is 14.5. The van der Waals surface area contributed by atoms with Crippen LogP contribution in [-0.4, -0.2) is 62.3 Å². The van der Waals surface area contributed by atoms with Gasteiger partial charge in [0.2, 0.25) is 0 Å². The zero-order chi connectivity index (χ0) is 25.4. The van der Waals surface area contributed by atoms with Gasteiger partial charge in [0, 0.05) is 47.5 Å². The maximum atomic E-state index is 14.5. The summed E-state index contributed by atoms with van der Waals surface area (Å²) >= 11 is 0. The molecule has 0 unspecified atom stereocenters. The van der Waals surface area contributed by atoms with Gasteiger partial charge in [-0.3, -0.25) is 15.1 Å². The minimum Gasteiger partial charge on any atom is -0.492 e. The quantitative estimate of drug-likeness (QED) is 0.313. The van der Waals surface area contributed by atoms with Crippen LogP contribution < -0.4 is 4.74 Å². The zero-order valence-corrected chi connectivity index (χ0v) is 20.4. The van der Waals surface area contributed by atoms with E-state index in [0.29, 0.717) is 23.6 Å². The molecule has 2 N–H and O–H groups in total. The van der Waals surface area contributed by atoms with Crippen LogP contribution in [0.3, 0.4) is 0 Å². The van der Waals surface area contributed by atoms with Crippen LogP contribution in [0.1, 0.15) is 0 Å². The van der Waals surface area contributed by atoms with Crippen LogP contribution in [0.4, 0.5) is 4.39 Å². The van der Waals surface area contributed by atoms with E-state index in [9.17, 15) is 4.39 Å². The highest BCUT2D eigenvalue weighted by Crippen LogP contribution is 2.35. The van der Waals surface area contributed by atoms with Gasteiger partial charge >= 0.3 is 0 Å². The Kier molecular flexibility index (Phi) is 5.82. The lowest BCUT2D eigenvalue weighted by molar-refractivity contribution is 0.260. The molecule has 0 aliphatic carbocycles. The normalized spacial score (nSPS) is 11.6. The fourth-order valence-electron chi connectivity index (χ4n) is 4.35. The summed E-state index contributed by atoms with van der Waals surface area (Å²) in [6.07, 6.45) is 7.00. The van der Waals surface area contributed by atoms with Crippen molar-refractivity contribution in [2.45, 2.75) is 0 Å².